The Balaban J connectivity index is 1.79. The number of ether oxygens (including phenoxy) is 1. The van der Waals surface area contributed by atoms with E-state index in [4.69, 9.17) is 20.9 Å². The predicted octanol–water partition coefficient (Wildman–Crippen LogP) is 5.10. The molecule has 1 aromatic heterocycles. The third kappa shape index (κ3) is 3.27. The summed E-state index contributed by atoms with van der Waals surface area (Å²) in [6.07, 6.45) is 1.18. The molecular formula is C22H21ClN2O3. The van der Waals surface area contributed by atoms with Crippen LogP contribution in [0, 0.1) is 13.8 Å². The topological polar surface area (TPSA) is 55.6 Å². The fourth-order valence-electron chi connectivity index (χ4n) is 3.75. The molecule has 0 saturated heterocycles. The molecule has 2 heterocycles. The number of methoxy groups -OCH3 is 1. The van der Waals surface area contributed by atoms with E-state index in [1.807, 2.05) is 49.1 Å². The van der Waals surface area contributed by atoms with Gasteiger partial charge in [0.25, 0.3) is 0 Å². The molecule has 4 rings (SSSR count). The van der Waals surface area contributed by atoms with Gasteiger partial charge in [-0.1, -0.05) is 28.9 Å². The number of aromatic nitrogens is 1. The standard InChI is InChI=1S/C22H21ClN2O3/c1-13-22(14(2)28-24-13)18-10-16-6-9-21(26)25(19(16)11-20(18)27-3)12-15-4-7-17(23)8-5-15/h4-5,7-8,10-11H,6,9,12H2,1-3H3. The lowest BCUT2D eigenvalue weighted by atomic mass is 9.94. The summed E-state index contributed by atoms with van der Waals surface area (Å²) in [5, 5.41) is 4.74. The molecule has 0 saturated carbocycles. The van der Waals surface area contributed by atoms with Crippen LogP contribution in [0.5, 0.6) is 5.75 Å². The highest BCUT2D eigenvalue weighted by Gasteiger charge is 2.27. The molecule has 28 heavy (non-hydrogen) atoms. The molecule has 0 spiro atoms. The van der Waals surface area contributed by atoms with E-state index >= 15 is 0 Å². The second-order valence-corrected chi connectivity index (χ2v) is 7.42. The van der Waals surface area contributed by atoms with E-state index < -0.39 is 0 Å². The van der Waals surface area contributed by atoms with Crippen molar-refractivity contribution < 1.29 is 14.1 Å². The lowest BCUT2D eigenvalue weighted by Crippen LogP contribution is -2.34. The van der Waals surface area contributed by atoms with Crippen molar-refractivity contribution in [3.8, 4) is 16.9 Å². The zero-order valence-electron chi connectivity index (χ0n) is 16.1. The number of benzene rings is 2. The van der Waals surface area contributed by atoms with Crippen LogP contribution >= 0.6 is 11.6 Å². The highest BCUT2D eigenvalue weighted by molar-refractivity contribution is 6.30. The first-order valence-corrected chi connectivity index (χ1v) is 9.54. The lowest BCUT2D eigenvalue weighted by molar-refractivity contribution is -0.119. The SMILES string of the molecule is COc1cc2c(cc1-c1c(C)noc1C)CCC(=O)N2Cc1ccc(Cl)cc1. The first-order valence-electron chi connectivity index (χ1n) is 9.17. The van der Waals surface area contributed by atoms with Crippen molar-refractivity contribution in [2.24, 2.45) is 0 Å². The molecule has 0 bridgehead atoms. The molecule has 0 N–H and O–H groups in total. The lowest BCUT2D eigenvalue weighted by Gasteiger charge is -2.30. The molecule has 1 aliphatic heterocycles. The van der Waals surface area contributed by atoms with Crippen molar-refractivity contribution in [1.29, 1.82) is 0 Å². The van der Waals surface area contributed by atoms with Gasteiger partial charge < -0.3 is 14.2 Å². The highest BCUT2D eigenvalue weighted by atomic mass is 35.5. The van der Waals surface area contributed by atoms with Crippen LogP contribution in [0.2, 0.25) is 5.02 Å². The third-order valence-electron chi connectivity index (χ3n) is 5.16. The highest BCUT2D eigenvalue weighted by Crippen LogP contribution is 2.41. The molecule has 0 fully saturated rings. The first-order chi connectivity index (χ1) is 13.5. The Morgan fingerprint density at radius 2 is 1.93 bits per heavy atom. The molecule has 1 aliphatic rings. The summed E-state index contributed by atoms with van der Waals surface area (Å²) >= 11 is 5.99. The number of aryl methyl sites for hydroxylation is 3. The minimum atomic E-state index is 0.106. The summed E-state index contributed by atoms with van der Waals surface area (Å²) in [5.41, 5.74) is 5.74. The summed E-state index contributed by atoms with van der Waals surface area (Å²) < 4.78 is 11.0. The Bertz CT molecular complexity index is 1020. The fourth-order valence-corrected chi connectivity index (χ4v) is 3.88. The van der Waals surface area contributed by atoms with Gasteiger partial charge in [-0.15, -0.1) is 0 Å². The van der Waals surface area contributed by atoms with Crippen molar-refractivity contribution in [2.45, 2.75) is 33.2 Å². The van der Waals surface area contributed by atoms with Gasteiger partial charge in [0, 0.05) is 23.1 Å². The van der Waals surface area contributed by atoms with Crippen LogP contribution in [0.15, 0.2) is 40.9 Å². The first kappa shape index (κ1) is 18.6. The number of hydrogen-bond donors (Lipinski definition) is 0. The molecule has 0 aliphatic carbocycles. The maximum absolute atomic E-state index is 12.7. The molecular weight excluding hydrogens is 376 g/mol. The van der Waals surface area contributed by atoms with Crippen molar-refractivity contribution in [1.82, 2.24) is 5.16 Å². The molecule has 6 heteroatoms. The Morgan fingerprint density at radius 3 is 2.57 bits per heavy atom. The average molecular weight is 397 g/mol. The minimum absolute atomic E-state index is 0.106. The van der Waals surface area contributed by atoms with E-state index in [0.29, 0.717) is 30.2 Å². The molecule has 0 atom stereocenters. The van der Waals surface area contributed by atoms with E-state index in [-0.39, 0.29) is 5.91 Å². The number of rotatable bonds is 4. The fraction of sp³-hybridized carbons (Fsp3) is 0.273. The second kappa shape index (κ2) is 7.32. The number of fused-ring (bicyclic) bond motifs is 1. The summed E-state index contributed by atoms with van der Waals surface area (Å²) in [5.74, 6) is 1.55. The van der Waals surface area contributed by atoms with Crippen LogP contribution in [-0.2, 0) is 17.8 Å². The van der Waals surface area contributed by atoms with Crippen molar-refractivity contribution in [2.75, 3.05) is 12.0 Å². The van der Waals surface area contributed by atoms with Crippen molar-refractivity contribution in [3.05, 3.63) is 64.0 Å². The number of halogens is 1. The second-order valence-electron chi connectivity index (χ2n) is 6.99. The summed E-state index contributed by atoms with van der Waals surface area (Å²) in [4.78, 5) is 14.5. The maximum Gasteiger partial charge on any atom is 0.227 e. The zero-order chi connectivity index (χ0) is 19.8. The van der Waals surface area contributed by atoms with E-state index in [0.717, 1.165) is 39.4 Å². The van der Waals surface area contributed by atoms with Gasteiger partial charge in [-0.25, -0.2) is 0 Å². The van der Waals surface area contributed by atoms with E-state index in [1.54, 1.807) is 7.11 Å². The molecule has 144 valence electrons. The molecule has 5 nitrogen and oxygen atoms in total. The summed E-state index contributed by atoms with van der Waals surface area (Å²) in [6.45, 7) is 4.31. The van der Waals surface area contributed by atoms with Gasteiger partial charge in [0.1, 0.15) is 11.5 Å². The van der Waals surface area contributed by atoms with Gasteiger partial charge in [0.2, 0.25) is 5.91 Å². The minimum Gasteiger partial charge on any atom is -0.496 e. The Labute approximate surface area is 168 Å². The number of carbonyl (C=O) groups excluding carboxylic acids is 1. The Hall–Kier alpha value is -2.79. The van der Waals surface area contributed by atoms with Gasteiger partial charge >= 0.3 is 0 Å². The van der Waals surface area contributed by atoms with Crippen molar-refractivity contribution >= 4 is 23.2 Å². The van der Waals surface area contributed by atoms with Crippen LogP contribution in [0.4, 0.5) is 5.69 Å². The number of carbonyl (C=O) groups is 1. The average Bonchev–Trinajstić information content (AvgIpc) is 3.03. The predicted molar refractivity (Wildman–Crippen MR) is 109 cm³/mol. The molecule has 1 amide bonds. The van der Waals surface area contributed by atoms with Crippen molar-refractivity contribution in [3.63, 3.8) is 0 Å². The molecule has 3 aromatic rings. The van der Waals surface area contributed by atoms with E-state index in [1.165, 1.54) is 0 Å². The zero-order valence-corrected chi connectivity index (χ0v) is 16.8. The summed E-state index contributed by atoms with van der Waals surface area (Å²) in [6, 6.07) is 11.6. The van der Waals surface area contributed by atoms with E-state index in [9.17, 15) is 4.79 Å². The number of anilines is 1. The van der Waals surface area contributed by atoms with Gasteiger partial charge in [0.15, 0.2) is 0 Å². The van der Waals surface area contributed by atoms with Crippen LogP contribution in [0.25, 0.3) is 11.1 Å². The van der Waals surface area contributed by atoms with Crippen LogP contribution < -0.4 is 9.64 Å². The van der Waals surface area contributed by atoms with Gasteiger partial charge in [-0.2, -0.15) is 0 Å². The van der Waals surface area contributed by atoms with Gasteiger partial charge in [0.05, 0.1) is 30.6 Å². The maximum atomic E-state index is 12.7. The number of nitrogens with zero attached hydrogens (tertiary/aromatic N) is 2. The quantitative estimate of drug-likeness (QED) is 0.615. The third-order valence-corrected chi connectivity index (χ3v) is 5.41. The summed E-state index contributed by atoms with van der Waals surface area (Å²) in [7, 11) is 1.64. The van der Waals surface area contributed by atoms with Crippen LogP contribution in [0.3, 0.4) is 0 Å². The molecule has 0 unspecified atom stereocenters. The molecule has 2 aromatic carbocycles. The number of hydrogen-bond acceptors (Lipinski definition) is 4. The smallest absolute Gasteiger partial charge is 0.227 e. The monoisotopic (exact) mass is 396 g/mol. The van der Waals surface area contributed by atoms with E-state index in [2.05, 4.69) is 11.2 Å². The molecule has 0 radical (unpaired) electrons. The van der Waals surface area contributed by atoms with Crippen LogP contribution in [0.1, 0.15) is 29.0 Å². The normalized spacial score (nSPS) is 13.6. The van der Waals surface area contributed by atoms with Crippen LogP contribution in [-0.4, -0.2) is 18.2 Å². The Morgan fingerprint density at radius 1 is 1.18 bits per heavy atom. The van der Waals surface area contributed by atoms with Gasteiger partial charge in [-0.05, 0) is 49.6 Å². The van der Waals surface area contributed by atoms with Gasteiger partial charge in [-0.3, -0.25) is 4.79 Å². The largest absolute Gasteiger partial charge is 0.496 e. The Kier molecular flexibility index (Phi) is 4.85. The number of amides is 1.